The Hall–Kier alpha value is -1.30. The van der Waals surface area contributed by atoms with Gasteiger partial charge < -0.3 is 10.5 Å². The van der Waals surface area contributed by atoms with E-state index < -0.39 is 6.36 Å². The lowest BCUT2D eigenvalue weighted by Crippen LogP contribution is -2.19. The van der Waals surface area contributed by atoms with Crippen molar-refractivity contribution in [1.29, 1.82) is 0 Å². The van der Waals surface area contributed by atoms with E-state index >= 15 is 0 Å². The Balaban J connectivity index is 3.12. The van der Waals surface area contributed by atoms with Crippen molar-refractivity contribution in [3.63, 3.8) is 0 Å². The lowest BCUT2D eigenvalue weighted by molar-refractivity contribution is -0.274. The van der Waals surface area contributed by atoms with Gasteiger partial charge in [-0.2, -0.15) is 0 Å². The molecule has 0 aliphatic carbocycles. The first kappa shape index (κ1) is 11.8. The van der Waals surface area contributed by atoms with Gasteiger partial charge in [0.05, 0.1) is 5.69 Å². The molecule has 84 valence electrons. The summed E-state index contributed by atoms with van der Waals surface area (Å²) < 4.78 is 39.9. The van der Waals surface area contributed by atoms with E-state index in [1.165, 1.54) is 13.0 Å². The first-order valence-corrected chi connectivity index (χ1v) is 4.26. The van der Waals surface area contributed by atoms with Crippen LogP contribution in [0.5, 0.6) is 5.75 Å². The summed E-state index contributed by atoms with van der Waals surface area (Å²) in [4.78, 5) is 4.01. The summed E-state index contributed by atoms with van der Waals surface area (Å²) >= 11 is 0. The van der Waals surface area contributed by atoms with E-state index in [1.807, 2.05) is 0 Å². The number of hydrogen-bond acceptors (Lipinski definition) is 3. The summed E-state index contributed by atoms with van der Waals surface area (Å²) in [5.74, 6) is -0.240. The van der Waals surface area contributed by atoms with Crippen LogP contribution in [0.25, 0.3) is 0 Å². The summed E-state index contributed by atoms with van der Waals surface area (Å²) in [5, 5.41) is 0. The van der Waals surface area contributed by atoms with Crippen LogP contribution in [0.2, 0.25) is 0 Å². The van der Waals surface area contributed by atoms with E-state index in [1.54, 1.807) is 6.92 Å². The van der Waals surface area contributed by atoms with Crippen molar-refractivity contribution >= 4 is 0 Å². The zero-order chi connectivity index (χ0) is 11.6. The molecule has 0 saturated carbocycles. The van der Waals surface area contributed by atoms with Crippen molar-refractivity contribution in [2.75, 3.05) is 0 Å². The van der Waals surface area contributed by atoms with E-state index in [2.05, 4.69) is 9.72 Å². The molecule has 1 aromatic heterocycles. The van der Waals surface area contributed by atoms with Crippen LogP contribution in [0.15, 0.2) is 6.07 Å². The Morgan fingerprint density at radius 3 is 2.47 bits per heavy atom. The van der Waals surface area contributed by atoms with Crippen LogP contribution in [0.1, 0.15) is 17.0 Å². The van der Waals surface area contributed by atoms with Crippen LogP contribution in [0, 0.1) is 13.8 Å². The van der Waals surface area contributed by atoms with Gasteiger partial charge in [-0.1, -0.05) is 0 Å². The number of rotatable bonds is 2. The van der Waals surface area contributed by atoms with Crippen molar-refractivity contribution in [2.45, 2.75) is 26.8 Å². The molecule has 0 aliphatic heterocycles. The number of ether oxygens (including phenoxy) is 1. The number of halogens is 3. The molecule has 2 N–H and O–H groups in total. The van der Waals surface area contributed by atoms with Crippen LogP contribution >= 0.6 is 0 Å². The number of alkyl halides is 3. The van der Waals surface area contributed by atoms with Crippen LogP contribution < -0.4 is 10.5 Å². The average molecular weight is 220 g/mol. The first-order chi connectivity index (χ1) is 6.83. The highest BCUT2D eigenvalue weighted by Crippen LogP contribution is 2.27. The molecule has 1 rings (SSSR count). The third kappa shape index (κ3) is 3.09. The van der Waals surface area contributed by atoms with Crippen molar-refractivity contribution in [3.8, 4) is 5.75 Å². The second kappa shape index (κ2) is 4.06. The number of nitrogens with two attached hydrogens (primary N) is 1. The minimum atomic E-state index is -4.69. The monoisotopic (exact) mass is 220 g/mol. The maximum absolute atomic E-state index is 12.0. The molecule has 0 radical (unpaired) electrons. The highest BCUT2D eigenvalue weighted by atomic mass is 19.4. The van der Waals surface area contributed by atoms with E-state index in [4.69, 9.17) is 5.73 Å². The Morgan fingerprint density at radius 2 is 2.00 bits per heavy atom. The average Bonchev–Trinajstić information content (AvgIpc) is 2.08. The molecule has 0 aliphatic rings. The van der Waals surface area contributed by atoms with Crippen molar-refractivity contribution in [2.24, 2.45) is 5.73 Å². The van der Waals surface area contributed by atoms with Crippen LogP contribution in [0.3, 0.4) is 0 Å². The Kier molecular flexibility index (Phi) is 3.18. The predicted octanol–water partition coefficient (Wildman–Crippen LogP) is 2.06. The van der Waals surface area contributed by atoms with E-state index in [0.29, 0.717) is 17.0 Å². The molecule has 0 saturated heterocycles. The number of pyridine rings is 1. The lowest BCUT2D eigenvalue weighted by Gasteiger charge is -2.13. The number of hydrogen-bond donors (Lipinski definition) is 1. The van der Waals surface area contributed by atoms with Gasteiger partial charge in [0.2, 0.25) is 0 Å². The summed E-state index contributed by atoms with van der Waals surface area (Å²) in [6.07, 6.45) is -4.69. The van der Waals surface area contributed by atoms with Crippen LogP contribution in [-0.2, 0) is 6.54 Å². The van der Waals surface area contributed by atoms with Crippen molar-refractivity contribution < 1.29 is 17.9 Å². The second-order valence-corrected chi connectivity index (χ2v) is 3.09. The zero-order valence-corrected chi connectivity index (χ0v) is 8.35. The quantitative estimate of drug-likeness (QED) is 0.829. The van der Waals surface area contributed by atoms with Gasteiger partial charge in [0.15, 0.2) is 0 Å². The fourth-order valence-electron chi connectivity index (χ4n) is 1.20. The minimum Gasteiger partial charge on any atom is -0.405 e. The molecular weight excluding hydrogens is 209 g/mol. The molecule has 1 aromatic rings. The van der Waals surface area contributed by atoms with Gasteiger partial charge in [0.1, 0.15) is 5.75 Å². The Bertz CT molecular complexity index is 363. The molecule has 0 fully saturated rings. The third-order valence-corrected chi connectivity index (χ3v) is 1.87. The highest BCUT2D eigenvalue weighted by Gasteiger charge is 2.32. The molecule has 0 spiro atoms. The maximum Gasteiger partial charge on any atom is 0.573 e. The van der Waals surface area contributed by atoms with Crippen molar-refractivity contribution in [1.82, 2.24) is 4.98 Å². The summed E-state index contributed by atoms with van der Waals surface area (Å²) in [7, 11) is 0. The Labute approximate surface area is 85.1 Å². The molecular formula is C9H11F3N2O. The van der Waals surface area contributed by atoms with E-state index in [-0.39, 0.29) is 12.3 Å². The van der Waals surface area contributed by atoms with Crippen LogP contribution in [-0.4, -0.2) is 11.3 Å². The maximum atomic E-state index is 12.0. The van der Waals surface area contributed by atoms with Crippen LogP contribution in [0.4, 0.5) is 13.2 Å². The number of aromatic nitrogens is 1. The third-order valence-electron chi connectivity index (χ3n) is 1.87. The SMILES string of the molecule is Cc1cc(OC(F)(F)F)c(C)c(CN)n1. The summed E-state index contributed by atoms with van der Waals surface area (Å²) in [6, 6.07) is 1.24. The highest BCUT2D eigenvalue weighted by molar-refractivity contribution is 5.37. The van der Waals surface area contributed by atoms with E-state index in [9.17, 15) is 13.2 Å². The summed E-state index contributed by atoms with van der Waals surface area (Å²) in [6.45, 7) is 3.17. The van der Waals surface area contributed by atoms with Gasteiger partial charge in [-0.25, -0.2) is 0 Å². The largest absolute Gasteiger partial charge is 0.573 e. The Morgan fingerprint density at radius 1 is 1.40 bits per heavy atom. The van der Waals surface area contributed by atoms with Gasteiger partial charge in [-0.3, -0.25) is 4.98 Å². The second-order valence-electron chi connectivity index (χ2n) is 3.09. The smallest absolute Gasteiger partial charge is 0.405 e. The number of aryl methyl sites for hydroxylation is 1. The molecule has 3 nitrogen and oxygen atoms in total. The van der Waals surface area contributed by atoms with Crippen molar-refractivity contribution in [3.05, 3.63) is 23.0 Å². The summed E-state index contributed by atoms with van der Waals surface area (Å²) in [5.41, 5.74) is 6.53. The lowest BCUT2D eigenvalue weighted by atomic mass is 10.2. The van der Waals surface area contributed by atoms with Gasteiger partial charge in [0.25, 0.3) is 0 Å². The van der Waals surface area contributed by atoms with E-state index in [0.717, 1.165) is 0 Å². The fraction of sp³-hybridized carbons (Fsp3) is 0.444. The topological polar surface area (TPSA) is 48.1 Å². The normalized spacial score (nSPS) is 11.6. The molecule has 15 heavy (non-hydrogen) atoms. The molecule has 0 amide bonds. The molecule has 0 unspecified atom stereocenters. The van der Waals surface area contributed by atoms with Gasteiger partial charge in [-0.15, -0.1) is 13.2 Å². The predicted molar refractivity (Wildman–Crippen MR) is 48.3 cm³/mol. The van der Waals surface area contributed by atoms with Gasteiger partial charge >= 0.3 is 6.36 Å². The molecule has 1 heterocycles. The van der Waals surface area contributed by atoms with Gasteiger partial charge in [0, 0.05) is 23.9 Å². The van der Waals surface area contributed by atoms with Gasteiger partial charge in [-0.05, 0) is 13.8 Å². The fourth-order valence-corrected chi connectivity index (χ4v) is 1.20. The molecule has 0 bridgehead atoms. The zero-order valence-electron chi connectivity index (χ0n) is 8.35. The minimum absolute atomic E-state index is 0.0851. The molecule has 0 aromatic carbocycles. The first-order valence-electron chi connectivity index (χ1n) is 4.26. The molecule has 0 atom stereocenters. The standard InChI is InChI=1S/C9H11F3N2O/c1-5-3-8(15-9(10,11)12)6(2)7(4-13)14-5/h3H,4,13H2,1-2H3. The molecule has 6 heteroatoms. The number of nitrogens with zero attached hydrogens (tertiary/aromatic N) is 1.